The molecule has 144 valence electrons. The van der Waals surface area contributed by atoms with Crippen LogP contribution in [0.25, 0.3) is 0 Å². The fourth-order valence-corrected chi connectivity index (χ4v) is 4.40. The highest BCUT2D eigenvalue weighted by Crippen LogP contribution is 2.37. The normalized spacial score (nSPS) is 21.0. The largest absolute Gasteiger partial charge is 0.468 e. The van der Waals surface area contributed by atoms with E-state index < -0.39 is 11.1 Å². The molecule has 0 amide bonds. The van der Waals surface area contributed by atoms with Crippen LogP contribution in [0, 0.1) is 12.8 Å². The van der Waals surface area contributed by atoms with Gasteiger partial charge in [-0.3, -0.25) is 19.1 Å². The molecule has 1 saturated heterocycles. The Morgan fingerprint density at radius 3 is 2.61 bits per heavy atom. The topological polar surface area (TPSA) is 73.3 Å². The molecule has 0 N–H and O–H groups in total. The Morgan fingerprint density at radius 1 is 1.04 bits per heavy atom. The van der Waals surface area contributed by atoms with Crippen molar-refractivity contribution >= 4 is 0 Å². The summed E-state index contributed by atoms with van der Waals surface area (Å²) in [6.45, 7) is 5.36. The fraction of sp³-hybridized carbons (Fsp3) is 0.381. The highest BCUT2D eigenvalue weighted by Gasteiger charge is 2.42. The molecule has 2 atom stereocenters. The van der Waals surface area contributed by atoms with Crippen molar-refractivity contribution in [1.82, 2.24) is 19.2 Å². The fourth-order valence-electron chi connectivity index (χ4n) is 4.40. The Kier molecular flexibility index (Phi) is 4.05. The zero-order chi connectivity index (χ0) is 19.3. The summed E-state index contributed by atoms with van der Waals surface area (Å²) < 4.78 is 8.38. The summed E-state index contributed by atoms with van der Waals surface area (Å²) in [5.41, 5.74) is 1.12. The zero-order valence-corrected chi connectivity index (χ0v) is 15.7. The van der Waals surface area contributed by atoms with E-state index in [9.17, 15) is 9.59 Å². The molecule has 1 aromatic carbocycles. The first kappa shape index (κ1) is 17.2. The standard InChI is InChI=1S/C21H22N4O3/c1-14-4-6-15(7-5-14)9-25-21(27)20(26)24-11-16-10-23(12-17-3-2-8-28-17)13-18(16)19(24)22-25/h2-8,16,18H,9-13H2,1H3. The molecule has 7 heteroatoms. The van der Waals surface area contributed by atoms with Crippen LogP contribution in [0.1, 0.15) is 28.6 Å². The van der Waals surface area contributed by atoms with Gasteiger partial charge in [-0.2, -0.15) is 5.10 Å². The van der Waals surface area contributed by atoms with E-state index in [4.69, 9.17) is 4.42 Å². The second kappa shape index (κ2) is 6.60. The monoisotopic (exact) mass is 378 g/mol. The molecule has 2 unspecified atom stereocenters. The number of fused-ring (bicyclic) bond motifs is 3. The number of hydrogen-bond acceptors (Lipinski definition) is 5. The van der Waals surface area contributed by atoms with Gasteiger partial charge in [-0.25, -0.2) is 4.68 Å². The summed E-state index contributed by atoms with van der Waals surface area (Å²) in [5.74, 6) is 2.16. The zero-order valence-electron chi connectivity index (χ0n) is 15.7. The third-order valence-electron chi connectivity index (χ3n) is 5.84. The molecule has 5 rings (SSSR count). The van der Waals surface area contributed by atoms with E-state index >= 15 is 0 Å². The van der Waals surface area contributed by atoms with Crippen molar-refractivity contribution in [2.75, 3.05) is 13.1 Å². The molecule has 0 spiro atoms. The molecule has 2 aliphatic rings. The molecule has 2 aromatic heterocycles. The number of hydrogen-bond donors (Lipinski definition) is 0. The van der Waals surface area contributed by atoms with Gasteiger partial charge < -0.3 is 4.42 Å². The molecule has 0 bridgehead atoms. The van der Waals surface area contributed by atoms with Crippen molar-refractivity contribution in [2.24, 2.45) is 5.92 Å². The number of likely N-dealkylation sites (tertiary alicyclic amines) is 1. The van der Waals surface area contributed by atoms with Crippen molar-refractivity contribution in [3.05, 3.63) is 86.1 Å². The summed E-state index contributed by atoms with van der Waals surface area (Å²) >= 11 is 0. The SMILES string of the molecule is Cc1ccc(Cn2nc3n(c(=O)c2=O)CC2CN(Cc4ccco4)CC32)cc1. The Hall–Kier alpha value is -2.93. The molecule has 0 saturated carbocycles. The number of rotatable bonds is 4. The number of nitrogens with zero attached hydrogens (tertiary/aromatic N) is 4. The summed E-state index contributed by atoms with van der Waals surface area (Å²) in [7, 11) is 0. The second-order valence-corrected chi connectivity index (χ2v) is 7.86. The van der Waals surface area contributed by atoms with Crippen LogP contribution in [0.4, 0.5) is 0 Å². The van der Waals surface area contributed by atoms with Gasteiger partial charge in [-0.05, 0) is 24.6 Å². The molecule has 4 heterocycles. The van der Waals surface area contributed by atoms with E-state index in [1.54, 1.807) is 10.8 Å². The Morgan fingerprint density at radius 2 is 1.86 bits per heavy atom. The first-order valence-electron chi connectivity index (χ1n) is 9.60. The predicted molar refractivity (Wildman–Crippen MR) is 103 cm³/mol. The number of furan rings is 1. The molecule has 0 aliphatic carbocycles. The molecular formula is C21H22N4O3. The van der Waals surface area contributed by atoms with Crippen molar-refractivity contribution in [2.45, 2.75) is 32.5 Å². The van der Waals surface area contributed by atoms with Gasteiger partial charge in [-0.15, -0.1) is 0 Å². The van der Waals surface area contributed by atoms with Gasteiger partial charge in [0.2, 0.25) is 0 Å². The summed E-state index contributed by atoms with van der Waals surface area (Å²) in [6, 6.07) is 11.8. The van der Waals surface area contributed by atoms with Crippen LogP contribution in [-0.2, 0) is 19.6 Å². The summed E-state index contributed by atoms with van der Waals surface area (Å²) in [5, 5.41) is 4.62. The second-order valence-electron chi connectivity index (χ2n) is 7.86. The van der Waals surface area contributed by atoms with E-state index in [1.807, 2.05) is 43.3 Å². The molecule has 3 aromatic rings. The minimum atomic E-state index is -0.545. The molecule has 28 heavy (non-hydrogen) atoms. The van der Waals surface area contributed by atoms with E-state index in [0.29, 0.717) is 19.0 Å². The van der Waals surface area contributed by atoms with Crippen LogP contribution in [0.15, 0.2) is 56.7 Å². The van der Waals surface area contributed by atoms with E-state index in [2.05, 4.69) is 10.00 Å². The van der Waals surface area contributed by atoms with Crippen LogP contribution >= 0.6 is 0 Å². The maximum Gasteiger partial charge on any atom is 0.332 e. The highest BCUT2D eigenvalue weighted by atomic mass is 16.3. The van der Waals surface area contributed by atoms with Gasteiger partial charge >= 0.3 is 11.1 Å². The van der Waals surface area contributed by atoms with Crippen LogP contribution < -0.4 is 11.1 Å². The Labute approximate surface area is 161 Å². The van der Waals surface area contributed by atoms with Crippen molar-refractivity contribution in [3.63, 3.8) is 0 Å². The van der Waals surface area contributed by atoms with E-state index in [0.717, 1.165) is 42.3 Å². The van der Waals surface area contributed by atoms with Gasteiger partial charge in [-0.1, -0.05) is 29.8 Å². The number of aromatic nitrogens is 3. The molecule has 2 aliphatic heterocycles. The lowest BCUT2D eigenvalue weighted by atomic mass is 10.00. The third-order valence-corrected chi connectivity index (χ3v) is 5.84. The van der Waals surface area contributed by atoms with Crippen molar-refractivity contribution in [3.8, 4) is 0 Å². The van der Waals surface area contributed by atoms with Gasteiger partial charge in [0.1, 0.15) is 11.6 Å². The number of benzene rings is 1. The first-order chi connectivity index (χ1) is 13.6. The number of aryl methyl sites for hydroxylation is 1. The molecule has 1 fully saturated rings. The Balaban J connectivity index is 1.43. The minimum absolute atomic E-state index is 0.174. The van der Waals surface area contributed by atoms with E-state index in [1.165, 1.54) is 4.68 Å². The molecule has 7 nitrogen and oxygen atoms in total. The van der Waals surface area contributed by atoms with Crippen molar-refractivity contribution < 1.29 is 4.42 Å². The minimum Gasteiger partial charge on any atom is -0.468 e. The van der Waals surface area contributed by atoms with Gasteiger partial charge in [0.05, 0.1) is 19.4 Å². The smallest absolute Gasteiger partial charge is 0.332 e. The quantitative estimate of drug-likeness (QED) is 0.645. The average molecular weight is 378 g/mol. The van der Waals surface area contributed by atoms with Gasteiger partial charge in [0.15, 0.2) is 0 Å². The summed E-state index contributed by atoms with van der Waals surface area (Å²) in [6.07, 6.45) is 1.69. The van der Waals surface area contributed by atoms with Crippen LogP contribution in [-0.4, -0.2) is 32.3 Å². The predicted octanol–water partition coefficient (Wildman–Crippen LogP) is 1.58. The maximum atomic E-state index is 12.7. The lowest BCUT2D eigenvalue weighted by Gasteiger charge is -2.16. The van der Waals surface area contributed by atoms with Gasteiger partial charge in [0, 0.05) is 31.5 Å². The summed E-state index contributed by atoms with van der Waals surface area (Å²) in [4.78, 5) is 27.5. The Bertz CT molecular complexity index is 1110. The maximum absolute atomic E-state index is 12.7. The lowest BCUT2D eigenvalue weighted by molar-refractivity contribution is 0.277. The average Bonchev–Trinajstić information content (AvgIpc) is 3.39. The lowest BCUT2D eigenvalue weighted by Crippen LogP contribution is -2.44. The third kappa shape index (κ3) is 2.92. The van der Waals surface area contributed by atoms with Crippen LogP contribution in [0.2, 0.25) is 0 Å². The van der Waals surface area contributed by atoms with E-state index in [-0.39, 0.29) is 5.92 Å². The van der Waals surface area contributed by atoms with Crippen molar-refractivity contribution in [1.29, 1.82) is 0 Å². The van der Waals surface area contributed by atoms with Crippen LogP contribution in [0.3, 0.4) is 0 Å². The van der Waals surface area contributed by atoms with Gasteiger partial charge in [0.25, 0.3) is 0 Å². The molecular weight excluding hydrogens is 356 g/mol. The van der Waals surface area contributed by atoms with Crippen LogP contribution in [0.5, 0.6) is 0 Å². The highest BCUT2D eigenvalue weighted by molar-refractivity contribution is 5.21. The molecule has 0 radical (unpaired) electrons. The first-order valence-corrected chi connectivity index (χ1v) is 9.60.